The number of thiol groups is 2. The quantitative estimate of drug-likeness (QED) is 0.141. The minimum absolute atomic E-state index is 0.0688. The van der Waals surface area contributed by atoms with Gasteiger partial charge < -0.3 is 19.7 Å². The number of aliphatic hydroxyl groups is 2. The summed E-state index contributed by atoms with van der Waals surface area (Å²) in [5, 5.41) is 16.2. The van der Waals surface area contributed by atoms with Gasteiger partial charge in [0.2, 0.25) is 0 Å². The molecule has 2 radical (unpaired) electrons. The van der Waals surface area contributed by atoms with Gasteiger partial charge in [0.25, 0.3) is 0 Å². The van der Waals surface area contributed by atoms with Crippen LogP contribution in [0.25, 0.3) is 0 Å². The summed E-state index contributed by atoms with van der Waals surface area (Å²) in [6, 6.07) is 0. The van der Waals surface area contributed by atoms with Gasteiger partial charge in [-0.15, -0.1) is 0 Å². The van der Waals surface area contributed by atoms with Crippen molar-refractivity contribution in [2.45, 2.75) is 48.4 Å². The minimum atomic E-state index is -0.401. The Kier molecular flexibility index (Phi) is 35.1. The van der Waals surface area contributed by atoms with Gasteiger partial charge >= 0.3 is 81.5 Å². The SMILES string of the molecule is CCC[CH2][Sn][CH2]CCC.O=C(CS)OCCO.O=C(CS)OCCO. The Labute approximate surface area is 173 Å². The second kappa shape index (κ2) is 29.1. The predicted molar refractivity (Wildman–Crippen MR) is 109 cm³/mol. The summed E-state index contributed by atoms with van der Waals surface area (Å²) in [6.45, 7) is 4.47. The normalized spacial score (nSPS) is 9.20. The smallest absolute Gasteiger partial charge is 0.315 e. The average molecular weight is 505 g/mol. The zero-order chi connectivity index (χ0) is 19.8. The van der Waals surface area contributed by atoms with Crippen LogP contribution in [0.15, 0.2) is 0 Å². The zero-order valence-electron chi connectivity index (χ0n) is 15.4. The molecule has 25 heavy (non-hydrogen) atoms. The van der Waals surface area contributed by atoms with E-state index in [0.717, 1.165) is 0 Å². The Bertz CT molecular complexity index is 257. The van der Waals surface area contributed by atoms with E-state index in [-0.39, 0.29) is 59.1 Å². The summed E-state index contributed by atoms with van der Waals surface area (Å²) < 4.78 is 12.0. The molecular weight excluding hydrogens is 471 g/mol. The van der Waals surface area contributed by atoms with Crippen LogP contribution in [0.1, 0.15) is 39.5 Å². The van der Waals surface area contributed by atoms with E-state index < -0.39 is 11.9 Å². The molecule has 0 saturated heterocycles. The van der Waals surface area contributed by atoms with E-state index in [2.05, 4.69) is 48.6 Å². The summed E-state index contributed by atoms with van der Waals surface area (Å²) >= 11 is 7.41. The van der Waals surface area contributed by atoms with Crippen LogP contribution in [0.4, 0.5) is 0 Å². The van der Waals surface area contributed by atoms with Crippen LogP contribution in [-0.4, -0.2) is 81.2 Å². The first-order valence-corrected chi connectivity index (χ1v) is 13.8. The van der Waals surface area contributed by atoms with Crippen LogP contribution in [0.2, 0.25) is 8.87 Å². The predicted octanol–water partition coefficient (Wildman–Crippen LogP) is 2.03. The Balaban J connectivity index is -0.000000291. The number of unbranched alkanes of at least 4 members (excludes halogenated alkanes) is 2. The van der Waals surface area contributed by atoms with Gasteiger partial charge in [0.15, 0.2) is 0 Å². The number of rotatable bonds is 12. The van der Waals surface area contributed by atoms with Gasteiger partial charge in [0.1, 0.15) is 13.2 Å². The molecule has 0 amide bonds. The Morgan fingerprint density at radius 2 is 1.20 bits per heavy atom. The molecule has 0 aromatic rings. The Morgan fingerprint density at radius 1 is 0.840 bits per heavy atom. The fourth-order valence-electron chi connectivity index (χ4n) is 1.14. The summed E-state index contributed by atoms with van der Waals surface area (Å²) in [5.41, 5.74) is 0. The first-order chi connectivity index (χ1) is 12.0. The Morgan fingerprint density at radius 3 is 1.44 bits per heavy atom. The number of ether oxygens (including phenoxy) is 2. The van der Waals surface area contributed by atoms with E-state index in [4.69, 9.17) is 10.2 Å². The molecule has 0 aromatic heterocycles. The molecule has 0 atom stereocenters. The molecular formula is C16H34O6S2Sn. The van der Waals surface area contributed by atoms with Crippen LogP contribution in [-0.2, 0) is 19.1 Å². The summed E-state index contributed by atoms with van der Waals surface area (Å²) in [4.78, 5) is 20.3. The third kappa shape index (κ3) is 36.1. The van der Waals surface area contributed by atoms with Crippen molar-refractivity contribution in [3.05, 3.63) is 0 Å². The summed E-state index contributed by atoms with van der Waals surface area (Å²) in [7, 11) is 0. The molecule has 2 N–H and O–H groups in total. The van der Waals surface area contributed by atoms with Gasteiger partial charge in [-0.3, -0.25) is 9.59 Å². The molecule has 0 bridgehead atoms. The average Bonchev–Trinajstić information content (AvgIpc) is 2.65. The van der Waals surface area contributed by atoms with Gasteiger partial charge in [-0.1, -0.05) is 0 Å². The third-order valence-electron chi connectivity index (χ3n) is 2.38. The second-order valence-corrected chi connectivity index (χ2v) is 9.58. The second-order valence-electron chi connectivity index (χ2n) is 4.66. The van der Waals surface area contributed by atoms with Crippen molar-refractivity contribution in [1.82, 2.24) is 0 Å². The van der Waals surface area contributed by atoms with E-state index in [1.165, 1.54) is 25.7 Å². The molecule has 9 heteroatoms. The van der Waals surface area contributed by atoms with Crippen molar-refractivity contribution < 1.29 is 29.3 Å². The summed E-state index contributed by atoms with van der Waals surface area (Å²) in [5.74, 6) is -0.662. The largest absolute Gasteiger partial charge is 0.463 e. The van der Waals surface area contributed by atoms with Gasteiger partial charge in [-0.2, -0.15) is 25.3 Å². The van der Waals surface area contributed by atoms with E-state index in [9.17, 15) is 9.59 Å². The van der Waals surface area contributed by atoms with Gasteiger partial charge in [0, 0.05) is 0 Å². The van der Waals surface area contributed by atoms with Crippen LogP contribution in [0.5, 0.6) is 0 Å². The first-order valence-electron chi connectivity index (χ1n) is 8.49. The molecule has 0 fully saturated rings. The van der Waals surface area contributed by atoms with Crippen LogP contribution >= 0.6 is 25.3 Å². The molecule has 0 unspecified atom stereocenters. The van der Waals surface area contributed by atoms with Gasteiger partial charge in [-0.25, -0.2) is 0 Å². The van der Waals surface area contributed by atoms with Gasteiger partial charge in [-0.05, 0) is 0 Å². The maximum absolute atomic E-state index is 10.2. The molecule has 0 spiro atoms. The fourth-order valence-corrected chi connectivity index (χ4v) is 5.48. The van der Waals surface area contributed by atoms with E-state index >= 15 is 0 Å². The number of carbonyl (C=O) groups is 2. The third-order valence-corrected chi connectivity index (χ3v) is 6.93. The number of carbonyl (C=O) groups excluding carboxylic acids is 2. The van der Waals surface area contributed by atoms with E-state index in [1.807, 2.05) is 0 Å². The zero-order valence-corrected chi connectivity index (χ0v) is 20.1. The van der Waals surface area contributed by atoms with Crippen molar-refractivity contribution in [1.29, 1.82) is 0 Å². The number of aliphatic hydroxyl groups excluding tert-OH is 2. The Hall–Kier alpha value is 0.359. The van der Waals surface area contributed by atoms with Crippen LogP contribution in [0.3, 0.4) is 0 Å². The van der Waals surface area contributed by atoms with E-state index in [1.54, 1.807) is 8.87 Å². The van der Waals surface area contributed by atoms with Crippen LogP contribution in [0, 0.1) is 0 Å². The van der Waals surface area contributed by atoms with Crippen molar-refractivity contribution >= 4 is 58.3 Å². The van der Waals surface area contributed by atoms with E-state index in [0.29, 0.717) is 0 Å². The maximum Gasteiger partial charge on any atom is 0.315 e. The molecule has 0 aliphatic rings. The first kappa shape index (κ1) is 30.1. The van der Waals surface area contributed by atoms with Crippen molar-refractivity contribution in [2.75, 3.05) is 37.9 Å². The molecule has 6 nitrogen and oxygen atoms in total. The van der Waals surface area contributed by atoms with Crippen molar-refractivity contribution in [2.24, 2.45) is 0 Å². The maximum atomic E-state index is 10.2. The molecule has 0 aromatic carbocycles. The fraction of sp³-hybridized carbons (Fsp3) is 0.875. The van der Waals surface area contributed by atoms with Gasteiger partial charge in [0.05, 0.1) is 24.7 Å². The van der Waals surface area contributed by atoms with Crippen molar-refractivity contribution in [3.8, 4) is 0 Å². The molecule has 0 aliphatic carbocycles. The number of hydrogen-bond donors (Lipinski definition) is 4. The minimum Gasteiger partial charge on any atom is -0.463 e. The summed E-state index contributed by atoms with van der Waals surface area (Å²) in [6.07, 6.45) is 5.84. The molecule has 0 saturated carbocycles. The number of hydrogen-bond acceptors (Lipinski definition) is 8. The topological polar surface area (TPSA) is 93.1 Å². The van der Waals surface area contributed by atoms with Crippen molar-refractivity contribution in [3.63, 3.8) is 0 Å². The standard InChI is InChI=1S/2C4H8O3S.2C4H9.Sn/c2*5-1-2-7-4(6)3-8;2*1-3-4-2;/h2*5,8H,1-3H2;2*1,3-4H2,2H3;. The molecule has 0 rings (SSSR count). The molecule has 150 valence electrons. The molecule has 0 aliphatic heterocycles. The molecule has 0 heterocycles. The van der Waals surface area contributed by atoms with Crippen LogP contribution < -0.4 is 0 Å². The number of esters is 2. The monoisotopic (exact) mass is 506 g/mol.